The van der Waals surface area contributed by atoms with Crippen LogP contribution in [0, 0.1) is 12.8 Å². The minimum absolute atomic E-state index is 0.105. The van der Waals surface area contributed by atoms with Gasteiger partial charge in [0.15, 0.2) is 0 Å². The first-order valence-corrected chi connectivity index (χ1v) is 9.13. The van der Waals surface area contributed by atoms with Crippen molar-refractivity contribution in [2.24, 2.45) is 5.92 Å². The van der Waals surface area contributed by atoms with Crippen LogP contribution in [0.15, 0.2) is 42.7 Å². The summed E-state index contributed by atoms with van der Waals surface area (Å²) in [5.41, 5.74) is 4.00. The van der Waals surface area contributed by atoms with Gasteiger partial charge in [-0.1, -0.05) is 29.8 Å². The molecule has 1 aromatic carbocycles. The molecule has 1 amide bonds. The molecule has 1 saturated heterocycles. The maximum absolute atomic E-state index is 12.8. The number of nitrogens with zero attached hydrogens (tertiary/aromatic N) is 2. The van der Waals surface area contributed by atoms with Crippen molar-refractivity contribution in [2.45, 2.75) is 26.2 Å². The molecule has 1 fully saturated rings. The molecule has 25 heavy (non-hydrogen) atoms. The van der Waals surface area contributed by atoms with Crippen molar-refractivity contribution < 1.29 is 4.79 Å². The zero-order chi connectivity index (χ0) is 17.6. The summed E-state index contributed by atoms with van der Waals surface area (Å²) in [4.78, 5) is 19.1. The quantitative estimate of drug-likeness (QED) is 0.908. The van der Waals surface area contributed by atoms with E-state index >= 15 is 0 Å². The average molecular weight is 337 g/mol. The SMILES string of the molecule is CNCCC1CCN(C(=O)c2cncc(-c3ccc(C)cc3)c2)CC1. The Bertz CT molecular complexity index is 703. The van der Waals surface area contributed by atoms with Crippen LogP contribution in [0.3, 0.4) is 0 Å². The van der Waals surface area contributed by atoms with Gasteiger partial charge >= 0.3 is 0 Å². The molecule has 1 N–H and O–H groups in total. The third-order valence-corrected chi connectivity index (χ3v) is 5.07. The normalized spacial score (nSPS) is 15.4. The van der Waals surface area contributed by atoms with Crippen LogP contribution in [-0.2, 0) is 0 Å². The van der Waals surface area contributed by atoms with Gasteiger partial charge in [-0.25, -0.2) is 0 Å². The highest BCUT2D eigenvalue weighted by Gasteiger charge is 2.23. The fourth-order valence-electron chi connectivity index (χ4n) is 3.42. The number of hydrogen-bond acceptors (Lipinski definition) is 3. The standard InChI is InChI=1S/C21H27N3O/c1-16-3-5-18(6-4-16)19-13-20(15-23-14-19)21(25)24-11-8-17(9-12-24)7-10-22-2/h3-6,13-15,17,22H,7-12H2,1-2H3. The van der Waals surface area contributed by atoms with E-state index in [-0.39, 0.29) is 5.91 Å². The van der Waals surface area contributed by atoms with Crippen molar-refractivity contribution >= 4 is 5.91 Å². The maximum atomic E-state index is 12.8. The van der Waals surface area contributed by atoms with E-state index in [0.29, 0.717) is 5.56 Å². The number of carbonyl (C=O) groups excluding carboxylic acids is 1. The highest BCUT2D eigenvalue weighted by Crippen LogP contribution is 2.23. The number of rotatable bonds is 5. The summed E-state index contributed by atoms with van der Waals surface area (Å²) < 4.78 is 0. The van der Waals surface area contributed by atoms with Crippen LogP contribution in [0.1, 0.15) is 35.2 Å². The van der Waals surface area contributed by atoms with Gasteiger partial charge in [0.05, 0.1) is 5.56 Å². The highest BCUT2D eigenvalue weighted by atomic mass is 16.2. The van der Waals surface area contributed by atoms with Crippen LogP contribution < -0.4 is 5.32 Å². The number of nitrogens with one attached hydrogen (secondary N) is 1. The molecule has 0 saturated carbocycles. The molecule has 1 aliphatic rings. The molecule has 0 radical (unpaired) electrons. The minimum Gasteiger partial charge on any atom is -0.339 e. The van der Waals surface area contributed by atoms with Gasteiger partial charge in [0.2, 0.25) is 0 Å². The molecule has 4 heteroatoms. The van der Waals surface area contributed by atoms with Gasteiger partial charge in [-0.15, -0.1) is 0 Å². The van der Waals surface area contributed by atoms with Crippen LogP contribution in [0.5, 0.6) is 0 Å². The molecule has 3 rings (SSSR count). The second-order valence-electron chi connectivity index (χ2n) is 6.96. The molecular formula is C21H27N3O. The predicted octanol–water partition coefficient (Wildman–Crippen LogP) is 3.52. The summed E-state index contributed by atoms with van der Waals surface area (Å²) >= 11 is 0. The zero-order valence-corrected chi connectivity index (χ0v) is 15.2. The van der Waals surface area contributed by atoms with Gasteiger partial charge in [0.25, 0.3) is 5.91 Å². The summed E-state index contributed by atoms with van der Waals surface area (Å²) in [5, 5.41) is 3.21. The summed E-state index contributed by atoms with van der Waals surface area (Å²) in [6.07, 6.45) is 6.90. The molecule has 2 heterocycles. The number of likely N-dealkylation sites (tertiary alicyclic amines) is 1. The molecular weight excluding hydrogens is 310 g/mol. The number of amides is 1. The van der Waals surface area contributed by atoms with E-state index in [1.165, 1.54) is 12.0 Å². The van der Waals surface area contributed by atoms with E-state index in [2.05, 4.69) is 41.5 Å². The average Bonchev–Trinajstić information content (AvgIpc) is 2.67. The Labute approximate surface area is 150 Å². The molecule has 1 aromatic heterocycles. The third kappa shape index (κ3) is 4.45. The Morgan fingerprint density at radius 2 is 1.88 bits per heavy atom. The van der Waals surface area contributed by atoms with Gasteiger partial charge in [0, 0.05) is 31.0 Å². The minimum atomic E-state index is 0.105. The number of hydrogen-bond donors (Lipinski definition) is 1. The maximum Gasteiger partial charge on any atom is 0.255 e. The van der Waals surface area contributed by atoms with Crippen molar-refractivity contribution in [2.75, 3.05) is 26.7 Å². The highest BCUT2D eigenvalue weighted by molar-refractivity contribution is 5.95. The molecule has 0 aliphatic carbocycles. The van der Waals surface area contributed by atoms with Crippen molar-refractivity contribution in [1.82, 2.24) is 15.2 Å². The molecule has 0 bridgehead atoms. The van der Waals surface area contributed by atoms with Crippen LogP contribution in [0.25, 0.3) is 11.1 Å². The Kier molecular flexibility index (Phi) is 5.82. The molecule has 132 valence electrons. The fourth-order valence-corrected chi connectivity index (χ4v) is 3.42. The molecule has 4 nitrogen and oxygen atoms in total. The number of aryl methyl sites for hydroxylation is 1. The monoisotopic (exact) mass is 337 g/mol. The van der Waals surface area contributed by atoms with Gasteiger partial charge in [0.1, 0.15) is 0 Å². The van der Waals surface area contributed by atoms with E-state index in [1.807, 2.05) is 24.2 Å². The van der Waals surface area contributed by atoms with E-state index < -0.39 is 0 Å². The second kappa shape index (κ2) is 8.26. The van der Waals surface area contributed by atoms with Crippen molar-refractivity contribution in [3.63, 3.8) is 0 Å². The van der Waals surface area contributed by atoms with Crippen molar-refractivity contribution in [3.05, 3.63) is 53.9 Å². The molecule has 0 atom stereocenters. The lowest BCUT2D eigenvalue weighted by Gasteiger charge is -2.32. The number of pyridine rings is 1. The molecule has 0 spiro atoms. The fraction of sp³-hybridized carbons (Fsp3) is 0.429. The summed E-state index contributed by atoms with van der Waals surface area (Å²) in [5.74, 6) is 0.835. The van der Waals surface area contributed by atoms with Crippen LogP contribution >= 0.6 is 0 Å². The van der Waals surface area contributed by atoms with Gasteiger partial charge in [-0.2, -0.15) is 0 Å². The van der Waals surface area contributed by atoms with Crippen LogP contribution in [0.4, 0.5) is 0 Å². The van der Waals surface area contributed by atoms with Gasteiger partial charge < -0.3 is 10.2 Å². The van der Waals surface area contributed by atoms with E-state index in [1.54, 1.807) is 6.20 Å². The topological polar surface area (TPSA) is 45.2 Å². The number of aromatic nitrogens is 1. The predicted molar refractivity (Wildman–Crippen MR) is 102 cm³/mol. The lowest BCUT2D eigenvalue weighted by molar-refractivity contribution is 0.0687. The lowest BCUT2D eigenvalue weighted by atomic mass is 9.93. The van der Waals surface area contributed by atoms with Crippen LogP contribution in [0.2, 0.25) is 0 Å². The Morgan fingerprint density at radius 3 is 2.56 bits per heavy atom. The zero-order valence-electron chi connectivity index (χ0n) is 15.2. The van der Waals surface area contributed by atoms with Gasteiger partial charge in [-0.05, 0) is 57.3 Å². The summed E-state index contributed by atoms with van der Waals surface area (Å²) in [7, 11) is 1.99. The van der Waals surface area contributed by atoms with E-state index in [4.69, 9.17) is 0 Å². The lowest BCUT2D eigenvalue weighted by Crippen LogP contribution is -2.39. The Balaban J connectivity index is 1.67. The van der Waals surface area contributed by atoms with Crippen LogP contribution in [-0.4, -0.2) is 42.5 Å². The Morgan fingerprint density at radius 1 is 1.16 bits per heavy atom. The van der Waals surface area contributed by atoms with Gasteiger partial charge in [-0.3, -0.25) is 9.78 Å². The van der Waals surface area contributed by atoms with Crippen molar-refractivity contribution in [3.8, 4) is 11.1 Å². The number of piperidine rings is 1. The molecule has 0 unspecified atom stereocenters. The summed E-state index contributed by atoms with van der Waals surface area (Å²) in [6, 6.07) is 10.3. The van der Waals surface area contributed by atoms with E-state index in [9.17, 15) is 4.79 Å². The molecule has 1 aliphatic heterocycles. The first kappa shape index (κ1) is 17.6. The first-order chi connectivity index (χ1) is 12.2. The third-order valence-electron chi connectivity index (χ3n) is 5.07. The summed E-state index contributed by atoms with van der Waals surface area (Å²) in [6.45, 7) is 4.83. The smallest absolute Gasteiger partial charge is 0.255 e. The largest absolute Gasteiger partial charge is 0.339 e. The second-order valence-corrected chi connectivity index (χ2v) is 6.96. The molecule has 2 aromatic rings. The van der Waals surface area contributed by atoms with Crippen molar-refractivity contribution in [1.29, 1.82) is 0 Å². The first-order valence-electron chi connectivity index (χ1n) is 9.13. The van der Waals surface area contributed by atoms with E-state index in [0.717, 1.165) is 49.5 Å². The number of benzene rings is 1. The number of carbonyl (C=O) groups is 1. The Hall–Kier alpha value is -2.20.